The first kappa shape index (κ1) is 27.6. The zero-order valence-corrected chi connectivity index (χ0v) is 19.7. The van der Waals surface area contributed by atoms with E-state index in [-0.39, 0.29) is 24.1 Å². The van der Waals surface area contributed by atoms with Crippen molar-refractivity contribution >= 4 is 30.1 Å². The molecule has 0 bridgehead atoms. The number of thiol groups is 1. The standard InChI is InChI=1S/C22H22F6N4O3S/c1-20(13-10-29-12-30-11-13,19(34)31-14-6-8-21(24,25)9-7-14)32(18(33)17(23)36)15-2-4-16(5-3-15)35-22(26,27)28/h2-5,10-12,14,17,36H,6-9H2,1H3,(H,31,34)/t17-,20+/m0/s1. The van der Waals surface area contributed by atoms with Gasteiger partial charge in [-0.25, -0.2) is 23.1 Å². The smallest absolute Gasteiger partial charge is 0.406 e. The van der Waals surface area contributed by atoms with Gasteiger partial charge in [-0.15, -0.1) is 25.8 Å². The van der Waals surface area contributed by atoms with Crippen LogP contribution in [-0.4, -0.2) is 45.6 Å². The van der Waals surface area contributed by atoms with Gasteiger partial charge in [0.25, 0.3) is 11.8 Å². The number of carbonyl (C=O) groups excluding carboxylic acids is 2. The van der Waals surface area contributed by atoms with Crippen molar-refractivity contribution in [3.05, 3.63) is 48.5 Å². The van der Waals surface area contributed by atoms with Crippen LogP contribution in [0.5, 0.6) is 5.75 Å². The van der Waals surface area contributed by atoms with Crippen molar-refractivity contribution in [3.63, 3.8) is 0 Å². The Balaban J connectivity index is 2.04. The fraction of sp³-hybridized carbons (Fsp3) is 0.455. The number of nitrogens with one attached hydrogen (secondary N) is 1. The molecule has 1 aromatic heterocycles. The van der Waals surface area contributed by atoms with Crippen LogP contribution >= 0.6 is 12.6 Å². The lowest BCUT2D eigenvalue weighted by Gasteiger charge is -2.41. The number of nitrogens with zero attached hydrogens (tertiary/aromatic N) is 3. The third kappa shape index (κ3) is 6.39. The molecule has 2 atom stereocenters. The van der Waals surface area contributed by atoms with Crippen LogP contribution in [0.25, 0.3) is 0 Å². The summed E-state index contributed by atoms with van der Waals surface area (Å²) in [5.74, 6) is -5.63. The fourth-order valence-corrected chi connectivity index (χ4v) is 4.05. The number of aromatic nitrogens is 2. The van der Waals surface area contributed by atoms with Gasteiger partial charge in [-0.3, -0.25) is 14.5 Å². The van der Waals surface area contributed by atoms with E-state index >= 15 is 0 Å². The Kier molecular flexibility index (Phi) is 8.06. The molecule has 1 fully saturated rings. The van der Waals surface area contributed by atoms with E-state index in [9.17, 15) is 35.9 Å². The number of alkyl halides is 6. The van der Waals surface area contributed by atoms with Crippen LogP contribution < -0.4 is 15.0 Å². The molecule has 0 unspecified atom stereocenters. The Morgan fingerprint density at radius 1 is 1.14 bits per heavy atom. The molecule has 0 spiro atoms. The first-order valence-corrected chi connectivity index (χ1v) is 11.2. The van der Waals surface area contributed by atoms with Crippen LogP contribution in [0.3, 0.4) is 0 Å². The zero-order valence-electron chi connectivity index (χ0n) is 18.8. The number of halogens is 6. The molecule has 1 aliphatic rings. The normalized spacial score (nSPS) is 18.6. The third-order valence-corrected chi connectivity index (χ3v) is 6.04. The quantitative estimate of drug-likeness (QED) is 0.401. The van der Waals surface area contributed by atoms with Gasteiger partial charge in [-0.1, -0.05) is 0 Å². The SMILES string of the molecule is C[C@](C(=O)NC1CCC(F)(F)CC1)(c1cncnc1)N(C(=O)[C@@H](F)S)c1ccc(OC(F)(F)F)cc1. The van der Waals surface area contributed by atoms with Gasteiger partial charge in [0.15, 0.2) is 5.54 Å². The van der Waals surface area contributed by atoms with Gasteiger partial charge >= 0.3 is 6.36 Å². The molecule has 3 rings (SSSR count). The molecular formula is C22H22F6N4O3S. The minimum Gasteiger partial charge on any atom is -0.406 e. The van der Waals surface area contributed by atoms with E-state index in [2.05, 4.69) is 32.7 Å². The van der Waals surface area contributed by atoms with Crippen LogP contribution in [0.4, 0.5) is 32.0 Å². The maximum absolute atomic E-state index is 14.2. The largest absolute Gasteiger partial charge is 0.573 e. The predicted octanol–water partition coefficient (Wildman–Crippen LogP) is 4.54. The Labute approximate surface area is 207 Å². The van der Waals surface area contributed by atoms with Gasteiger partial charge in [0, 0.05) is 42.5 Å². The molecule has 36 heavy (non-hydrogen) atoms. The molecule has 1 saturated carbocycles. The maximum Gasteiger partial charge on any atom is 0.573 e. The Hall–Kier alpha value is -3.03. The highest BCUT2D eigenvalue weighted by molar-refractivity contribution is 7.81. The summed E-state index contributed by atoms with van der Waals surface area (Å²) < 4.78 is 82.9. The molecule has 1 N–H and O–H groups in total. The van der Waals surface area contributed by atoms with Gasteiger partial charge in [0.1, 0.15) is 12.1 Å². The summed E-state index contributed by atoms with van der Waals surface area (Å²) >= 11 is 3.54. The van der Waals surface area contributed by atoms with Gasteiger partial charge in [0.05, 0.1) is 0 Å². The molecule has 7 nitrogen and oxygen atoms in total. The van der Waals surface area contributed by atoms with Crippen molar-refractivity contribution in [2.75, 3.05) is 4.90 Å². The average Bonchev–Trinajstić information content (AvgIpc) is 2.81. The monoisotopic (exact) mass is 536 g/mol. The Morgan fingerprint density at radius 3 is 2.19 bits per heavy atom. The van der Waals surface area contributed by atoms with Crippen molar-refractivity contribution in [1.82, 2.24) is 15.3 Å². The summed E-state index contributed by atoms with van der Waals surface area (Å²) in [6.07, 6.45) is -2.38. The van der Waals surface area contributed by atoms with Gasteiger partial charge < -0.3 is 10.1 Å². The second kappa shape index (κ2) is 10.5. The highest BCUT2D eigenvalue weighted by Gasteiger charge is 2.48. The minimum absolute atomic E-state index is 0.0293. The van der Waals surface area contributed by atoms with Crippen molar-refractivity contribution in [1.29, 1.82) is 0 Å². The van der Waals surface area contributed by atoms with Gasteiger partial charge in [-0.2, -0.15) is 0 Å². The predicted molar refractivity (Wildman–Crippen MR) is 119 cm³/mol. The average molecular weight is 536 g/mol. The lowest BCUT2D eigenvalue weighted by atomic mass is 9.87. The molecule has 196 valence electrons. The molecule has 0 aliphatic heterocycles. The van der Waals surface area contributed by atoms with Crippen molar-refractivity contribution in [2.24, 2.45) is 0 Å². The lowest BCUT2D eigenvalue weighted by molar-refractivity contribution is -0.274. The number of carbonyl (C=O) groups is 2. The van der Waals surface area contributed by atoms with Crippen LogP contribution in [0.2, 0.25) is 0 Å². The number of hydrogen-bond acceptors (Lipinski definition) is 6. The molecule has 1 aromatic carbocycles. The summed E-state index contributed by atoms with van der Waals surface area (Å²) in [6, 6.07) is 3.19. The van der Waals surface area contributed by atoms with Crippen molar-refractivity contribution < 1.29 is 40.7 Å². The van der Waals surface area contributed by atoms with Crippen LogP contribution in [0, 0.1) is 0 Å². The molecule has 0 saturated heterocycles. The summed E-state index contributed by atoms with van der Waals surface area (Å²) in [5, 5.41) is 2.64. The summed E-state index contributed by atoms with van der Waals surface area (Å²) in [7, 11) is 0. The maximum atomic E-state index is 14.2. The molecular weight excluding hydrogens is 514 g/mol. The van der Waals surface area contributed by atoms with E-state index in [1.807, 2.05) is 0 Å². The van der Waals surface area contributed by atoms with Crippen molar-refractivity contribution in [3.8, 4) is 5.75 Å². The first-order valence-electron chi connectivity index (χ1n) is 10.7. The van der Waals surface area contributed by atoms with Gasteiger partial charge in [0.2, 0.25) is 11.4 Å². The van der Waals surface area contributed by atoms with Crippen LogP contribution in [0.1, 0.15) is 38.2 Å². The second-order valence-corrected chi connectivity index (χ2v) is 8.81. The molecule has 2 aromatic rings. The number of hydrogen-bond donors (Lipinski definition) is 2. The molecule has 1 aliphatic carbocycles. The lowest BCUT2D eigenvalue weighted by Crippen LogP contribution is -2.60. The highest BCUT2D eigenvalue weighted by Crippen LogP contribution is 2.38. The van der Waals surface area contributed by atoms with E-state index in [0.717, 1.165) is 30.6 Å². The van der Waals surface area contributed by atoms with E-state index < -0.39 is 59.8 Å². The zero-order chi connectivity index (χ0) is 26.7. The number of ether oxygens (including phenoxy) is 1. The topological polar surface area (TPSA) is 84.4 Å². The second-order valence-electron chi connectivity index (χ2n) is 8.35. The summed E-state index contributed by atoms with van der Waals surface area (Å²) in [5.41, 5.74) is -4.59. The Morgan fingerprint density at radius 2 is 1.69 bits per heavy atom. The summed E-state index contributed by atoms with van der Waals surface area (Å²) in [4.78, 5) is 35.0. The van der Waals surface area contributed by atoms with Crippen LogP contribution in [-0.2, 0) is 15.1 Å². The summed E-state index contributed by atoms with van der Waals surface area (Å²) in [6.45, 7) is 1.26. The molecule has 1 heterocycles. The van der Waals surface area contributed by atoms with Gasteiger partial charge in [-0.05, 0) is 44.0 Å². The number of anilines is 1. The first-order chi connectivity index (χ1) is 16.7. The molecule has 2 amide bonds. The van der Waals surface area contributed by atoms with E-state index in [4.69, 9.17) is 0 Å². The third-order valence-electron chi connectivity index (χ3n) is 5.82. The Bertz CT molecular complexity index is 1060. The fourth-order valence-electron chi connectivity index (χ4n) is 3.93. The van der Waals surface area contributed by atoms with E-state index in [0.29, 0.717) is 4.90 Å². The van der Waals surface area contributed by atoms with Crippen molar-refractivity contribution in [2.45, 2.75) is 62.0 Å². The molecule has 14 heteroatoms. The number of amides is 2. The van der Waals surface area contributed by atoms with E-state index in [1.54, 1.807) is 0 Å². The number of rotatable bonds is 7. The van der Waals surface area contributed by atoms with Crippen LogP contribution in [0.15, 0.2) is 43.0 Å². The minimum atomic E-state index is -4.97. The highest BCUT2D eigenvalue weighted by atomic mass is 32.1. The number of benzene rings is 1. The van der Waals surface area contributed by atoms with E-state index in [1.165, 1.54) is 19.3 Å². The molecule has 0 radical (unpaired) electrons.